The Hall–Kier alpha value is -2.40. The standard InChI is InChI=1S/C20H18BrNO3/c1-3-13(2)24-18-11-7-4-8-14(18)12-17-20(23)25-19(22-17)15-9-5-6-10-16(15)21/h4-13H,3H2,1-2H3/b17-12-. The van der Waals surface area contributed by atoms with E-state index in [1.54, 1.807) is 6.08 Å². The van der Waals surface area contributed by atoms with Crippen LogP contribution in [-0.4, -0.2) is 18.0 Å². The van der Waals surface area contributed by atoms with Crippen molar-refractivity contribution in [1.82, 2.24) is 0 Å². The second-order valence-corrected chi connectivity index (χ2v) is 6.54. The van der Waals surface area contributed by atoms with Crippen molar-refractivity contribution in [1.29, 1.82) is 0 Å². The van der Waals surface area contributed by atoms with Gasteiger partial charge in [0.05, 0.1) is 11.7 Å². The summed E-state index contributed by atoms with van der Waals surface area (Å²) in [6.07, 6.45) is 2.69. The number of benzene rings is 2. The van der Waals surface area contributed by atoms with Crippen molar-refractivity contribution in [2.75, 3.05) is 0 Å². The molecule has 0 saturated carbocycles. The Bertz CT molecular complexity index is 858. The molecule has 25 heavy (non-hydrogen) atoms. The summed E-state index contributed by atoms with van der Waals surface area (Å²) < 4.78 is 12.1. The van der Waals surface area contributed by atoms with Gasteiger partial charge in [-0.25, -0.2) is 9.79 Å². The molecule has 1 aliphatic heterocycles. The Morgan fingerprint density at radius 2 is 1.92 bits per heavy atom. The van der Waals surface area contributed by atoms with Gasteiger partial charge in [-0.15, -0.1) is 0 Å². The van der Waals surface area contributed by atoms with E-state index in [1.807, 2.05) is 55.5 Å². The minimum Gasteiger partial charge on any atom is -0.490 e. The number of aliphatic imine (C=N–C) groups is 1. The lowest BCUT2D eigenvalue weighted by molar-refractivity contribution is -0.129. The van der Waals surface area contributed by atoms with Gasteiger partial charge in [-0.2, -0.15) is 0 Å². The molecule has 0 amide bonds. The molecule has 2 aromatic rings. The molecule has 3 rings (SSSR count). The van der Waals surface area contributed by atoms with Crippen molar-refractivity contribution in [3.63, 3.8) is 0 Å². The first-order valence-corrected chi connectivity index (χ1v) is 8.91. The van der Waals surface area contributed by atoms with E-state index in [0.29, 0.717) is 5.90 Å². The lowest BCUT2D eigenvalue weighted by Gasteiger charge is -2.14. The number of esters is 1. The second-order valence-electron chi connectivity index (χ2n) is 5.69. The average molecular weight is 400 g/mol. The van der Waals surface area contributed by atoms with Crippen LogP contribution in [0.1, 0.15) is 31.4 Å². The number of hydrogen-bond acceptors (Lipinski definition) is 4. The van der Waals surface area contributed by atoms with E-state index in [9.17, 15) is 4.79 Å². The Morgan fingerprint density at radius 1 is 1.20 bits per heavy atom. The van der Waals surface area contributed by atoms with Gasteiger partial charge in [-0.3, -0.25) is 0 Å². The van der Waals surface area contributed by atoms with E-state index in [0.717, 1.165) is 27.8 Å². The smallest absolute Gasteiger partial charge is 0.363 e. The van der Waals surface area contributed by atoms with Crippen molar-refractivity contribution in [3.8, 4) is 5.75 Å². The van der Waals surface area contributed by atoms with Gasteiger partial charge in [0, 0.05) is 10.0 Å². The highest BCUT2D eigenvalue weighted by Gasteiger charge is 2.25. The third-order valence-electron chi connectivity index (χ3n) is 3.84. The molecule has 0 aliphatic carbocycles. The van der Waals surface area contributed by atoms with Gasteiger partial charge < -0.3 is 9.47 Å². The lowest BCUT2D eigenvalue weighted by Crippen LogP contribution is -2.10. The first kappa shape index (κ1) is 17.4. The number of carbonyl (C=O) groups excluding carboxylic acids is 1. The number of nitrogens with zero attached hydrogens (tertiary/aromatic N) is 1. The molecule has 0 saturated heterocycles. The highest BCUT2D eigenvalue weighted by Crippen LogP contribution is 2.27. The van der Waals surface area contributed by atoms with Gasteiger partial charge in [0.1, 0.15) is 5.75 Å². The van der Waals surface area contributed by atoms with Crippen molar-refractivity contribution in [3.05, 3.63) is 69.8 Å². The number of hydrogen-bond donors (Lipinski definition) is 0. The summed E-state index contributed by atoms with van der Waals surface area (Å²) in [5, 5.41) is 0. The topological polar surface area (TPSA) is 47.9 Å². The Labute approximate surface area is 155 Å². The monoisotopic (exact) mass is 399 g/mol. The van der Waals surface area contributed by atoms with Crippen molar-refractivity contribution >= 4 is 33.9 Å². The quantitative estimate of drug-likeness (QED) is 0.526. The van der Waals surface area contributed by atoms with Crippen LogP contribution in [0.25, 0.3) is 6.08 Å². The third-order valence-corrected chi connectivity index (χ3v) is 4.53. The van der Waals surface area contributed by atoms with Crippen LogP contribution in [0.15, 0.2) is 63.7 Å². The molecule has 0 radical (unpaired) electrons. The van der Waals surface area contributed by atoms with E-state index < -0.39 is 5.97 Å². The second kappa shape index (κ2) is 7.66. The molecule has 0 fully saturated rings. The zero-order chi connectivity index (χ0) is 17.8. The maximum Gasteiger partial charge on any atom is 0.363 e. The summed E-state index contributed by atoms with van der Waals surface area (Å²) in [7, 11) is 0. The van der Waals surface area contributed by atoms with Gasteiger partial charge in [0.2, 0.25) is 5.90 Å². The van der Waals surface area contributed by atoms with Crippen LogP contribution >= 0.6 is 15.9 Å². The largest absolute Gasteiger partial charge is 0.490 e. The molecule has 0 bridgehead atoms. The van der Waals surface area contributed by atoms with Gasteiger partial charge in [0.15, 0.2) is 5.70 Å². The SMILES string of the molecule is CCC(C)Oc1ccccc1/C=C1\N=C(c2ccccc2Br)OC1=O. The van der Waals surface area contributed by atoms with E-state index in [4.69, 9.17) is 9.47 Å². The number of halogens is 1. The number of rotatable bonds is 5. The Morgan fingerprint density at radius 3 is 2.68 bits per heavy atom. The summed E-state index contributed by atoms with van der Waals surface area (Å²) in [6, 6.07) is 15.1. The predicted molar refractivity (Wildman–Crippen MR) is 102 cm³/mol. The molecule has 5 heteroatoms. The third kappa shape index (κ3) is 3.99. The van der Waals surface area contributed by atoms with Crippen LogP contribution in [0.5, 0.6) is 5.75 Å². The van der Waals surface area contributed by atoms with Gasteiger partial charge >= 0.3 is 5.97 Å². The van der Waals surface area contributed by atoms with Crippen LogP contribution in [-0.2, 0) is 9.53 Å². The molecule has 1 atom stereocenters. The zero-order valence-corrected chi connectivity index (χ0v) is 15.6. The molecule has 128 valence electrons. The molecule has 1 unspecified atom stereocenters. The van der Waals surface area contributed by atoms with Crippen LogP contribution in [0.2, 0.25) is 0 Å². The van der Waals surface area contributed by atoms with Crippen LogP contribution in [0, 0.1) is 0 Å². The van der Waals surface area contributed by atoms with E-state index in [1.165, 1.54) is 0 Å². The fourth-order valence-electron chi connectivity index (χ4n) is 2.31. The Kier molecular flexibility index (Phi) is 5.34. The van der Waals surface area contributed by atoms with E-state index in [2.05, 4.69) is 27.8 Å². The minimum absolute atomic E-state index is 0.0921. The number of ether oxygens (including phenoxy) is 2. The molecule has 2 aromatic carbocycles. The molecule has 0 aromatic heterocycles. The zero-order valence-electron chi connectivity index (χ0n) is 14.0. The molecule has 4 nitrogen and oxygen atoms in total. The summed E-state index contributed by atoms with van der Waals surface area (Å²) >= 11 is 3.45. The van der Waals surface area contributed by atoms with Gasteiger partial charge in [-0.1, -0.05) is 37.3 Å². The maximum atomic E-state index is 12.2. The van der Waals surface area contributed by atoms with E-state index in [-0.39, 0.29) is 11.8 Å². The highest BCUT2D eigenvalue weighted by molar-refractivity contribution is 9.10. The van der Waals surface area contributed by atoms with Crippen molar-refractivity contribution in [2.24, 2.45) is 4.99 Å². The summed E-state index contributed by atoms with van der Waals surface area (Å²) in [4.78, 5) is 16.6. The lowest BCUT2D eigenvalue weighted by atomic mass is 10.1. The summed E-state index contributed by atoms with van der Waals surface area (Å²) in [5.41, 5.74) is 1.79. The predicted octanol–water partition coefficient (Wildman–Crippen LogP) is 4.97. The molecular weight excluding hydrogens is 382 g/mol. The van der Waals surface area contributed by atoms with Crippen LogP contribution < -0.4 is 4.74 Å². The normalized spacial score (nSPS) is 16.5. The first-order chi connectivity index (χ1) is 12.1. The number of para-hydroxylation sites is 1. The van der Waals surface area contributed by atoms with E-state index >= 15 is 0 Å². The Balaban J connectivity index is 1.94. The highest BCUT2D eigenvalue weighted by atomic mass is 79.9. The summed E-state index contributed by atoms with van der Waals surface area (Å²) in [5.74, 6) is 0.551. The number of carbonyl (C=O) groups is 1. The number of cyclic esters (lactones) is 1. The van der Waals surface area contributed by atoms with Crippen molar-refractivity contribution in [2.45, 2.75) is 26.4 Å². The minimum atomic E-state index is -0.468. The fraction of sp³-hybridized carbons (Fsp3) is 0.200. The molecule has 0 N–H and O–H groups in total. The summed E-state index contributed by atoms with van der Waals surface area (Å²) in [6.45, 7) is 4.07. The van der Waals surface area contributed by atoms with Crippen LogP contribution in [0.3, 0.4) is 0 Å². The molecule has 0 spiro atoms. The van der Waals surface area contributed by atoms with Crippen LogP contribution in [0.4, 0.5) is 0 Å². The first-order valence-electron chi connectivity index (χ1n) is 8.11. The van der Waals surface area contributed by atoms with Crippen molar-refractivity contribution < 1.29 is 14.3 Å². The fourth-order valence-corrected chi connectivity index (χ4v) is 2.77. The van der Waals surface area contributed by atoms with Gasteiger partial charge in [-0.05, 0) is 53.5 Å². The molecule has 1 heterocycles. The maximum absolute atomic E-state index is 12.2. The van der Waals surface area contributed by atoms with Gasteiger partial charge in [0.25, 0.3) is 0 Å². The molecule has 1 aliphatic rings. The molecular formula is C20H18BrNO3. The average Bonchev–Trinajstić information content (AvgIpc) is 2.97.